The second-order valence-electron chi connectivity index (χ2n) is 9.16. The summed E-state index contributed by atoms with van der Waals surface area (Å²) in [6.07, 6.45) is -0.742. The lowest BCUT2D eigenvalue weighted by Crippen LogP contribution is -2.41. The maximum atomic E-state index is 14.3. The molecule has 28 heavy (non-hydrogen) atoms. The summed E-state index contributed by atoms with van der Waals surface area (Å²) in [7, 11) is -0.788. The Kier molecular flexibility index (Phi) is 6.41. The van der Waals surface area contributed by atoms with Crippen LogP contribution in [0.2, 0.25) is 5.02 Å². The lowest BCUT2D eigenvalue weighted by molar-refractivity contribution is 0.00578. The van der Waals surface area contributed by atoms with Crippen LogP contribution in [-0.2, 0) is 9.31 Å². The van der Waals surface area contributed by atoms with Crippen LogP contribution in [0.25, 0.3) is 0 Å². The molecule has 1 aliphatic rings. The van der Waals surface area contributed by atoms with Crippen LogP contribution in [0, 0.1) is 11.2 Å². The van der Waals surface area contributed by atoms with E-state index >= 15 is 0 Å². The Morgan fingerprint density at radius 1 is 1.25 bits per heavy atom. The first-order valence-electron chi connectivity index (χ1n) is 9.21. The normalized spacial score (nSPS) is 19.4. The van der Waals surface area contributed by atoms with Crippen molar-refractivity contribution in [1.82, 2.24) is 5.32 Å². The molecular formula is C19H29BClFN2O4. The average molecular weight is 415 g/mol. The predicted octanol–water partition coefficient (Wildman–Crippen LogP) is 3.31. The van der Waals surface area contributed by atoms with Crippen LogP contribution < -0.4 is 16.1 Å². The molecule has 0 bridgehead atoms. The van der Waals surface area contributed by atoms with Crippen molar-refractivity contribution < 1.29 is 23.6 Å². The highest BCUT2D eigenvalue weighted by Crippen LogP contribution is 2.37. The van der Waals surface area contributed by atoms with Crippen LogP contribution in [-0.4, -0.2) is 42.1 Å². The Labute approximate surface area is 171 Å². The van der Waals surface area contributed by atoms with E-state index < -0.39 is 36.3 Å². The van der Waals surface area contributed by atoms with E-state index in [0.717, 1.165) is 6.07 Å². The van der Waals surface area contributed by atoms with E-state index in [1.807, 2.05) is 48.5 Å². The molecule has 0 saturated carbocycles. The van der Waals surface area contributed by atoms with Crippen molar-refractivity contribution in [3.05, 3.63) is 23.0 Å². The summed E-state index contributed by atoms with van der Waals surface area (Å²) in [4.78, 5) is 12.1. The molecule has 1 aliphatic heterocycles. The molecule has 9 heteroatoms. The van der Waals surface area contributed by atoms with Gasteiger partial charge < -0.3 is 25.0 Å². The number of nitrogens with one attached hydrogen (secondary N) is 2. The minimum absolute atomic E-state index is 0.0363. The van der Waals surface area contributed by atoms with E-state index in [-0.39, 0.29) is 22.7 Å². The number of aliphatic hydroxyl groups is 1. The molecule has 156 valence electrons. The molecular weight excluding hydrogens is 385 g/mol. The number of halogens is 2. The fourth-order valence-corrected chi connectivity index (χ4v) is 2.71. The fourth-order valence-electron chi connectivity index (χ4n) is 2.47. The number of hydrogen-bond acceptors (Lipinski definition) is 4. The Hall–Kier alpha value is -1.35. The third kappa shape index (κ3) is 4.98. The standard InChI is InChI=1S/C19H29BClFN2O4/c1-17(2,3)15(25)10-23-16(26)24-14-8-11(12(21)9-13(14)22)20-27-18(4,5)19(6,7)28-20/h8-9,15,25H,10H2,1-7H3,(H2,23,24,26). The van der Waals surface area contributed by atoms with Gasteiger partial charge in [-0.3, -0.25) is 0 Å². The van der Waals surface area contributed by atoms with Crippen LogP contribution in [0.1, 0.15) is 48.5 Å². The molecule has 1 heterocycles. The smallest absolute Gasteiger partial charge is 0.399 e. The number of urea groups is 1. The van der Waals surface area contributed by atoms with Crippen molar-refractivity contribution in [3.63, 3.8) is 0 Å². The van der Waals surface area contributed by atoms with Crippen LogP contribution in [0.3, 0.4) is 0 Å². The van der Waals surface area contributed by atoms with Gasteiger partial charge in [-0.05, 0) is 45.2 Å². The van der Waals surface area contributed by atoms with E-state index in [1.54, 1.807) is 0 Å². The number of carbonyl (C=O) groups excluding carboxylic acids is 1. The second-order valence-corrected chi connectivity index (χ2v) is 9.57. The van der Waals surface area contributed by atoms with Gasteiger partial charge in [-0.25, -0.2) is 9.18 Å². The van der Waals surface area contributed by atoms with Crippen LogP contribution in [0.15, 0.2) is 12.1 Å². The first-order chi connectivity index (χ1) is 12.6. The zero-order valence-electron chi connectivity index (χ0n) is 17.4. The largest absolute Gasteiger partial charge is 0.496 e. The molecule has 2 rings (SSSR count). The van der Waals surface area contributed by atoms with Crippen molar-refractivity contribution in [2.24, 2.45) is 5.41 Å². The molecule has 2 amide bonds. The van der Waals surface area contributed by atoms with Gasteiger partial charge in [-0.2, -0.15) is 0 Å². The second kappa shape index (κ2) is 7.82. The quantitative estimate of drug-likeness (QED) is 0.660. The number of anilines is 1. The van der Waals surface area contributed by atoms with Gasteiger partial charge in [-0.15, -0.1) is 0 Å². The third-order valence-corrected chi connectivity index (χ3v) is 5.62. The van der Waals surface area contributed by atoms with E-state index in [9.17, 15) is 14.3 Å². The summed E-state index contributed by atoms with van der Waals surface area (Å²) in [5.74, 6) is -0.684. The monoisotopic (exact) mass is 414 g/mol. The number of aliphatic hydroxyl groups excluding tert-OH is 1. The van der Waals surface area contributed by atoms with Crippen LogP contribution >= 0.6 is 11.6 Å². The van der Waals surface area contributed by atoms with Gasteiger partial charge in [0, 0.05) is 17.0 Å². The summed E-state index contributed by atoms with van der Waals surface area (Å²) < 4.78 is 26.2. The molecule has 0 radical (unpaired) electrons. The molecule has 1 unspecified atom stereocenters. The van der Waals surface area contributed by atoms with Gasteiger partial charge in [-0.1, -0.05) is 32.4 Å². The Bertz CT molecular complexity index is 736. The Balaban J connectivity index is 2.15. The highest BCUT2D eigenvalue weighted by Gasteiger charge is 2.52. The molecule has 0 spiro atoms. The van der Waals surface area contributed by atoms with Crippen LogP contribution in [0.5, 0.6) is 0 Å². The molecule has 1 fully saturated rings. The third-order valence-electron chi connectivity index (χ3n) is 5.30. The van der Waals surface area contributed by atoms with E-state index in [0.29, 0.717) is 5.46 Å². The number of hydrogen-bond donors (Lipinski definition) is 3. The molecule has 1 aromatic carbocycles. The van der Waals surface area contributed by atoms with Crippen molar-refractivity contribution in [2.75, 3.05) is 11.9 Å². The maximum Gasteiger partial charge on any atom is 0.496 e. The Morgan fingerprint density at radius 2 is 1.79 bits per heavy atom. The first-order valence-corrected chi connectivity index (χ1v) is 9.59. The van der Waals surface area contributed by atoms with Crippen molar-refractivity contribution >= 4 is 35.9 Å². The van der Waals surface area contributed by atoms with Crippen molar-refractivity contribution in [2.45, 2.75) is 65.8 Å². The maximum absolute atomic E-state index is 14.3. The zero-order chi connectivity index (χ0) is 21.5. The van der Waals surface area contributed by atoms with Gasteiger partial charge in [0.1, 0.15) is 5.82 Å². The van der Waals surface area contributed by atoms with Gasteiger partial charge in [0.25, 0.3) is 0 Å². The summed E-state index contributed by atoms with van der Waals surface area (Å²) in [5.41, 5.74) is -1.18. The molecule has 6 nitrogen and oxygen atoms in total. The highest BCUT2D eigenvalue weighted by molar-refractivity contribution is 6.65. The average Bonchev–Trinajstić information content (AvgIpc) is 2.74. The van der Waals surface area contributed by atoms with Crippen molar-refractivity contribution in [3.8, 4) is 0 Å². The molecule has 1 atom stereocenters. The summed E-state index contributed by atoms with van der Waals surface area (Å²) in [6.45, 7) is 13.2. The van der Waals surface area contributed by atoms with Gasteiger partial charge in [0.15, 0.2) is 0 Å². The fraction of sp³-hybridized carbons (Fsp3) is 0.632. The highest BCUT2D eigenvalue weighted by atomic mass is 35.5. The summed E-state index contributed by atoms with van der Waals surface area (Å²) in [5, 5.41) is 15.1. The number of carbonyl (C=O) groups is 1. The lowest BCUT2D eigenvalue weighted by Gasteiger charge is -2.32. The van der Waals surface area contributed by atoms with E-state index in [2.05, 4.69) is 10.6 Å². The van der Waals surface area contributed by atoms with Gasteiger partial charge in [0.2, 0.25) is 0 Å². The zero-order valence-corrected chi connectivity index (χ0v) is 18.2. The topological polar surface area (TPSA) is 79.8 Å². The van der Waals surface area contributed by atoms with Crippen molar-refractivity contribution in [1.29, 1.82) is 0 Å². The molecule has 3 N–H and O–H groups in total. The molecule has 0 aliphatic carbocycles. The van der Waals surface area contributed by atoms with Crippen LogP contribution in [0.4, 0.5) is 14.9 Å². The van der Waals surface area contributed by atoms with E-state index in [1.165, 1.54) is 6.07 Å². The minimum Gasteiger partial charge on any atom is -0.399 e. The number of rotatable bonds is 4. The minimum atomic E-state index is -0.788. The van der Waals surface area contributed by atoms with E-state index in [4.69, 9.17) is 20.9 Å². The summed E-state index contributed by atoms with van der Waals surface area (Å²) in [6, 6.07) is 1.88. The summed E-state index contributed by atoms with van der Waals surface area (Å²) >= 11 is 6.20. The predicted molar refractivity (Wildman–Crippen MR) is 110 cm³/mol. The molecule has 1 saturated heterocycles. The Morgan fingerprint density at radius 3 is 2.29 bits per heavy atom. The number of benzene rings is 1. The lowest BCUT2D eigenvalue weighted by atomic mass is 9.78. The number of amides is 2. The SMILES string of the molecule is CC(C)(C)C(O)CNC(=O)Nc1cc(B2OC(C)(C)C(C)(C)O2)c(Cl)cc1F. The van der Waals surface area contributed by atoms with Gasteiger partial charge in [0.05, 0.1) is 23.0 Å². The molecule has 0 aromatic heterocycles. The first kappa shape index (κ1) is 22.9. The molecule has 1 aromatic rings. The van der Waals surface area contributed by atoms with Gasteiger partial charge >= 0.3 is 13.1 Å².